The number of fused-ring (bicyclic) bond motifs is 2. The molecule has 1 heteroatoms. The maximum Gasteiger partial charge on any atom is 0.131 e. The molecule has 0 N–H and O–H groups in total. The van der Waals surface area contributed by atoms with Crippen LogP contribution in [0.15, 0.2) is 48.5 Å². The Morgan fingerprint density at radius 2 is 1.44 bits per heavy atom. The van der Waals surface area contributed by atoms with Crippen LogP contribution in [0.25, 0.3) is 0 Å². The van der Waals surface area contributed by atoms with Gasteiger partial charge in [-0.05, 0) is 12.1 Å². The number of para-hydroxylation sites is 2. The van der Waals surface area contributed by atoms with Gasteiger partial charge < -0.3 is 4.74 Å². The monoisotopic (exact) mass is 212 g/mol. The highest BCUT2D eigenvalue weighted by molar-refractivity contribution is 5.56. The summed E-state index contributed by atoms with van der Waals surface area (Å²) in [7, 11) is 0. The third-order valence-corrected chi connectivity index (χ3v) is 3.19. The van der Waals surface area contributed by atoms with E-state index in [0.29, 0.717) is 23.6 Å². The van der Waals surface area contributed by atoms with Crippen LogP contribution in [0.3, 0.4) is 0 Å². The van der Waals surface area contributed by atoms with Crippen LogP contribution in [0.5, 0.6) is 11.5 Å². The van der Waals surface area contributed by atoms with E-state index >= 15 is 0 Å². The second kappa shape index (κ2) is 3.11. The predicted molar refractivity (Wildman–Crippen MR) is 65.1 cm³/mol. The minimum absolute atomic E-state index is 0.239. The fourth-order valence-electron chi connectivity index (χ4n) is 2.24. The van der Waals surface area contributed by atoms with E-state index in [9.17, 15) is 0 Å². The van der Waals surface area contributed by atoms with Crippen LogP contribution < -0.4 is 4.74 Å². The highest BCUT2D eigenvalue weighted by atomic mass is 16.5. The molecule has 0 bridgehead atoms. The number of ether oxygens (including phenoxy) is 1. The van der Waals surface area contributed by atoms with Crippen molar-refractivity contribution in [2.75, 3.05) is 0 Å². The lowest BCUT2D eigenvalue weighted by atomic mass is 9.76. The summed E-state index contributed by atoms with van der Waals surface area (Å²) in [4.78, 5) is 0. The molecule has 0 fully saturated rings. The second-order valence-corrected chi connectivity index (χ2v) is 4.55. The van der Waals surface area contributed by atoms with Gasteiger partial charge in [0.05, 0.1) is 2.74 Å². The van der Waals surface area contributed by atoms with E-state index < -0.39 is 0 Å². The van der Waals surface area contributed by atoms with Crippen LogP contribution in [0, 0.1) is 0 Å². The molecular weight excluding hydrogens is 196 g/mol. The summed E-state index contributed by atoms with van der Waals surface area (Å²) < 4.78 is 21.7. The number of benzene rings is 2. The fraction of sp³-hybridized carbons (Fsp3) is 0.200. The first-order chi connectivity index (χ1) is 8.51. The van der Waals surface area contributed by atoms with Crippen molar-refractivity contribution in [3.8, 4) is 11.5 Å². The standard InChI is InChI=1S/C15H14O/c1-15(2)11-7-3-5-9-13(11)16-14-10-6-4-8-12(14)15/h3-10H,1-2H3/i9D,10D. The zero-order valence-corrected chi connectivity index (χ0v) is 9.37. The summed E-state index contributed by atoms with van der Waals surface area (Å²) in [6, 6.07) is 11.9. The first kappa shape index (κ1) is 7.50. The molecule has 0 radical (unpaired) electrons. The summed E-state index contributed by atoms with van der Waals surface area (Å²) in [6.07, 6.45) is 0. The van der Waals surface area contributed by atoms with Crippen molar-refractivity contribution in [2.45, 2.75) is 19.3 Å². The topological polar surface area (TPSA) is 9.23 Å². The molecule has 0 saturated heterocycles. The SMILES string of the molecule is [2H]c1cccc2c1Oc1c([2H])cccc1C2(C)C. The van der Waals surface area contributed by atoms with Crippen molar-refractivity contribution in [1.82, 2.24) is 0 Å². The van der Waals surface area contributed by atoms with Gasteiger partial charge in [-0.3, -0.25) is 0 Å². The molecule has 2 aromatic carbocycles. The van der Waals surface area contributed by atoms with Gasteiger partial charge in [-0.15, -0.1) is 0 Å². The van der Waals surface area contributed by atoms with E-state index in [1.165, 1.54) is 0 Å². The Bertz CT molecular complexity index is 579. The van der Waals surface area contributed by atoms with E-state index in [-0.39, 0.29) is 5.41 Å². The lowest BCUT2D eigenvalue weighted by molar-refractivity contribution is 0.418. The smallest absolute Gasteiger partial charge is 0.131 e. The molecule has 0 saturated carbocycles. The van der Waals surface area contributed by atoms with Crippen LogP contribution in [-0.4, -0.2) is 0 Å². The van der Waals surface area contributed by atoms with Crippen molar-refractivity contribution in [3.05, 3.63) is 59.6 Å². The second-order valence-electron chi connectivity index (χ2n) is 4.55. The number of hydrogen-bond acceptors (Lipinski definition) is 1. The fourth-order valence-corrected chi connectivity index (χ4v) is 2.24. The van der Waals surface area contributed by atoms with Crippen LogP contribution in [-0.2, 0) is 5.41 Å². The lowest BCUT2D eigenvalue weighted by Crippen LogP contribution is -2.23. The minimum atomic E-state index is -0.239. The highest BCUT2D eigenvalue weighted by Crippen LogP contribution is 2.47. The van der Waals surface area contributed by atoms with Gasteiger partial charge >= 0.3 is 0 Å². The van der Waals surface area contributed by atoms with Crippen molar-refractivity contribution in [2.24, 2.45) is 0 Å². The van der Waals surface area contributed by atoms with E-state index in [0.717, 1.165) is 11.1 Å². The van der Waals surface area contributed by atoms with Gasteiger partial charge in [-0.1, -0.05) is 50.2 Å². The van der Waals surface area contributed by atoms with E-state index in [1.807, 2.05) is 24.3 Å². The molecule has 0 spiro atoms. The molecule has 16 heavy (non-hydrogen) atoms. The van der Waals surface area contributed by atoms with Gasteiger partial charge in [0.2, 0.25) is 0 Å². The molecule has 1 aliphatic heterocycles. The Morgan fingerprint density at radius 3 is 1.94 bits per heavy atom. The largest absolute Gasteiger partial charge is 0.457 e. The van der Waals surface area contributed by atoms with E-state index in [1.54, 1.807) is 12.1 Å². The third-order valence-electron chi connectivity index (χ3n) is 3.19. The predicted octanol–water partition coefficient (Wildman–Crippen LogP) is 4.12. The molecule has 80 valence electrons. The molecule has 1 heterocycles. The maximum atomic E-state index is 7.95. The molecule has 0 atom stereocenters. The molecule has 2 aromatic rings. The van der Waals surface area contributed by atoms with E-state index in [2.05, 4.69) is 13.8 Å². The summed E-state index contributed by atoms with van der Waals surface area (Å²) in [5.74, 6) is 1.16. The Labute approximate surface area is 98.5 Å². The first-order valence-electron chi connectivity index (χ1n) is 6.40. The number of rotatable bonds is 0. The average molecular weight is 212 g/mol. The molecule has 0 unspecified atom stereocenters. The first-order valence-corrected chi connectivity index (χ1v) is 5.40. The Hall–Kier alpha value is -1.76. The van der Waals surface area contributed by atoms with Crippen molar-refractivity contribution >= 4 is 0 Å². The van der Waals surface area contributed by atoms with Gasteiger partial charge in [0, 0.05) is 16.5 Å². The summed E-state index contributed by atoms with van der Waals surface area (Å²) >= 11 is 0. The molecule has 3 rings (SSSR count). The van der Waals surface area contributed by atoms with Crippen molar-refractivity contribution < 1.29 is 7.48 Å². The normalized spacial score (nSPS) is 17.6. The quantitative estimate of drug-likeness (QED) is 0.638. The van der Waals surface area contributed by atoms with Crippen molar-refractivity contribution in [1.29, 1.82) is 0 Å². The molecular formula is C15H14O. The zero-order chi connectivity index (χ0) is 12.9. The molecule has 0 aromatic heterocycles. The lowest BCUT2D eigenvalue weighted by Gasteiger charge is -2.34. The Kier molecular flexibility index (Phi) is 1.46. The maximum absolute atomic E-state index is 7.95. The van der Waals surface area contributed by atoms with Gasteiger partial charge in [0.1, 0.15) is 11.5 Å². The molecule has 1 aliphatic rings. The van der Waals surface area contributed by atoms with Crippen LogP contribution >= 0.6 is 0 Å². The van der Waals surface area contributed by atoms with Gasteiger partial charge in [0.25, 0.3) is 0 Å². The van der Waals surface area contributed by atoms with Crippen LogP contribution in [0.1, 0.15) is 27.7 Å². The minimum Gasteiger partial charge on any atom is -0.457 e. The van der Waals surface area contributed by atoms with Crippen LogP contribution in [0.2, 0.25) is 0 Å². The van der Waals surface area contributed by atoms with Gasteiger partial charge in [0.15, 0.2) is 0 Å². The molecule has 0 aliphatic carbocycles. The highest BCUT2D eigenvalue weighted by Gasteiger charge is 2.33. The molecule has 0 amide bonds. The van der Waals surface area contributed by atoms with Gasteiger partial charge in [-0.25, -0.2) is 0 Å². The number of hydrogen-bond donors (Lipinski definition) is 0. The summed E-state index contributed by atoms with van der Waals surface area (Å²) in [5.41, 5.74) is 1.78. The van der Waals surface area contributed by atoms with Crippen molar-refractivity contribution in [3.63, 3.8) is 0 Å². The van der Waals surface area contributed by atoms with Gasteiger partial charge in [-0.2, -0.15) is 0 Å². The Balaban J connectivity index is 2.33. The average Bonchev–Trinajstić information content (AvgIpc) is 2.32. The third kappa shape index (κ3) is 1.18. The summed E-state index contributed by atoms with van der Waals surface area (Å²) in [5, 5.41) is 0. The van der Waals surface area contributed by atoms with Crippen LogP contribution in [0.4, 0.5) is 0 Å². The molecule has 1 nitrogen and oxygen atoms in total. The Morgan fingerprint density at radius 1 is 0.938 bits per heavy atom. The zero-order valence-electron chi connectivity index (χ0n) is 11.4. The van der Waals surface area contributed by atoms with E-state index in [4.69, 9.17) is 7.48 Å². The summed E-state index contributed by atoms with van der Waals surface area (Å²) in [6.45, 7) is 4.21.